The van der Waals surface area contributed by atoms with Crippen LogP contribution in [0.4, 0.5) is 0 Å². The Morgan fingerprint density at radius 3 is 0.892 bits per heavy atom. The van der Waals surface area contributed by atoms with Crippen molar-refractivity contribution in [1.29, 1.82) is 0 Å². The number of rotatable bonds is 12. The average Bonchev–Trinajstić information content (AvgIpc) is 0.822. The molecule has 20 aromatic rings. The Morgan fingerprint density at radius 1 is 0.176 bits per heavy atom. The van der Waals surface area contributed by atoms with Crippen molar-refractivity contribution in [2.45, 2.75) is 0 Å². The third kappa shape index (κ3) is 9.24. The van der Waals surface area contributed by atoms with E-state index in [-0.39, 0.29) is 11.6 Å². The fourth-order valence-electron chi connectivity index (χ4n) is 16.7. The molecule has 0 saturated carbocycles. The summed E-state index contributed by atoms with van der Waals surface area (Å²) < 4.78 is 4.82. The topological polar surface area (TPSA) is 44.0 Å². The maximum Gasteiger partial charge on any atom is 0.193 e. The van der Waals surface area contributed by atoms with Crippen molar-refractivity contribution in [3.05, 3.63) is 386 Å². The number of carbonyl (C=O) groups is 2. The minimum absolute atomic E-state index is 0.0595. The highest BCUT2D eigenvalue weighted by Gasteiger charge is 2.31. The zero-order chi connectivity index (χ0) is 67.5. The molecule has 4 nitrogen and oxygen atoms in total. The van der Waals surface area contributed by atoms with Crippen LogP contribution >= 0.6 is 0 Å². The van der Waals surface area contributed by atoms with Gasteiger partial charge in [-0.25, -0.2) is 0 Å². The van der Waals surface area contributed by atoms with Crippen molar-refractivity contribution < 1.29 is 9.59 Å². The quantitative estimate of drug-likeness (QED) is 0.0695. The van der Waals surface area contributed by atoms with Crippen molar-refractivity contribution in [3.8, 4) is 78.1 Å². The largest absolute Gasteiger partial charge is 0.309 e. The van der Waals surface area contributed by atoms with Crippen LogP contribution in [0, 0.1) is 0 Å². The Balaban J connectivity index is 0.944. The van der Waals surface area contributed by atoms with Crippen molar-refractivity contribution in [1.82, 2.24) is 9.13 Å². The first-order valence-electron chi connectivity index (χ1n) is 34.9. The summed E-state index contributed by atoms with van der Waals surface area (Å²) in [7, 11) is 0. The van der Waals surface area contributed by atoms with E-state index in [0.717, 1.165) is 133 Å². The highest BCUT2D eigenvalue weighted by Crippen LogP contribution is 2.57. The van der Waals surface area contributed by atoms with E-state index in [1.165, 1.54) is 43.1 Å². The molecule has 2 heterocycles. The van der Waals surface area contributed by atoms with E-state index in [1.54, 1.807) is 0 Å². The predicted octanol–water partition coefficient (Wildman–Crippen LogP) is 25.5. The molecular formula is C98H60N2O2. The molecule has 102 heavy (non-hydrogen) atoms. The van der Waals surface area contributed by atoms with Crippen LogP contribution in [-0.2, 0) is 0 Å². The lowest BCUT2D eigenvalue weighted by atomic mass is 9.75. The number of hydrogen-bond donors (Lipinski definition) is 0. The number of ketones is 2. The van der Waals surface area contributed by atoms with E-state index in [0.29, 0.717) is 22.3 Å². The van der Waals surface area contributed by atoms with E-state index < -0.39 is 0 Å². The Hall–Kier alpha value is -13.5. The zero-order valence-electron chi connectivity index (χ0n) is 55.4. The molecule has 18 aromatic carbocycles. The van der Waals surface area contributed by atoms with E-state index in [9.17, 15) is 0 Å². The summed E-state index contributed by atoms with van der Waals surface area (Å²) >= 11 is 0. The number of benzene rings is 18. The molecule has 474 valence electrons. The van der Waals surface area contributed by atoms with Crippen LogP contribution in [-0.4, -0.2) is 20.7 Å². The highest BCUT2D eigenvalue weighted by atomic mass is 16.1. The molecule has 0 amide bonds. The zero-order valence-corrected chi connectivity index (χ0v) is 55.4. The van der Waals surface area contributed by atoms with Gasteiger partial charge in [-0.05, 0) is 181 Å². The molecular weight excluding hydrogens is 1240 g/mol. The van der Waals surface area contributed by atoms with E-state index >= 15 is 9.59 Å². The first kappa shape index (κ1) is 58.6. The standard InChI is InChI=1S/C98H60N2O2/c101-97(65-27-9-3-10-28-65)71-33-19-31-69(57-71)91-89(63-45-51-73(52-46-63)99-85-43-17-15-37-77(85)79-55-49-67(59-87(79)99)61-23-5-1-6-24-61)90(64-47-53-74(54-48-64)100-86-44-18-16-38-78(86)80-56-50-68(60-88(80)100)62-25-7-2-8-26-62)92(70-32-20-34-72(58-70)98(102)66-29-11-4-12-30-66)96-84-42-22-40-82-76-36-14-13-35-75(76)81-39-21-41-83(95(91)96)93(81)94(82)84/h1-60H. The summed E-state index contributed by atoms with van der Waals surface area (Å²) in [6.45, 7) is 0. The highest BCUT2D eigenvalue weighted by molar-refractivity contribution is 6.44. The average molecular weight is 1300 g/mol. The molecule has 0 N–H and O–H groups in total. The molecule has 0 bridgehead atoms. The number of hydrogen-bond acceptors (Lipinski definition) is 2. The van der Waals surface area contributed by atoms with Gasteiger partial charge < -0.3 is 9.13 Å². The lowest BCUT2D eigenvalue weighted by Crippen LogP contribution is -2.04. The van der Waals surface area contributed by atoms with E-state index in [1.807, 2.05) is 72.8 Å². The van der Waals surface area contributed by atoms with Gasteiger partial charge in [-0.3, -0.25) is 9.59 Å². The van der Waals surface area contributed by atoms with Crippen LogP contribution in [0.25, 0.3) is 176 Å². The van der Waals surface area contributed by atoms with Crippen LogP contribution in [0.5, 0.6) is 0 Å². The van der Waals surface area contributed by atoms with Crippen LogP contribution < -0.4 is 0 Å². The van der Waals surface area contributed by atoms with Crippen LogP contribution in [0.2, 0.25) is 0 Å². The number of aromatic nitrogens is 2. The van der Waals surface area contributed by atoms with Crippen LogP contribution in [0.1, 0.15) is 31.8 Å². The maximum absolute atomic E-state index is 15.1. The normalized spacial score (nSPS) is 11.8. The first-order chi connectivity index (χ1) is 50.5. The van der Waals surface area contributed by atoms with Gasteiger partial charge in [-0.15, -0.1) is 0 Å². The Kier molecular flexibility index (Phi) is 13.6. The summed E-state index contributed by atoms with van der Waals surface area (Å²) in [5, 5.41) is 16.0. The molecule has 0 spiro atoms. The number of nitrogens with zero attached hydrogens (tertiary/aromatic N) is 2. The van der Waals surface area contributed by atoms with Gasteiger partial charge in [0.2, 0.25) is 0 Å². The third-order valence-corrected chi connectivity index (χ3v) is 21.2. The van der Waals surface area contributed by atoms with Gasteiger partial charge in [0.05, 0.1) is 22.1 Å². The van der Waals surface area contributed by atoms with Gasteiger partial charge in [-0.1, -0.05) is 303 Å². The predicted molar refractivity (Wildman–Crippen MR) is 426 cm³/mol. The summed E-state index contributed by atoms with van der Waals surface area (Å²) in [6.07, 6.45) is 0. The molecule has 0 saturated heterocycles. The SMILES string of the molecule is O=C(c1ccccc1)c1cccc(-c2c(-c3ccc(-n4c5ccccc5c5ccc(-c6ccccc6)cc54)cc3)c(-c3ccc(-n4c5ccccc5c5ccc(-c6ccccc6)cc54)cc3)c(-c3cccc(C(=O)c4ccccc4)c3)c3c4cccc5c6ccccc6c6cccc(c23)c6c54)c1. The van der Waals surface area contributed by atoms with Gasteiger partial charge in [0.1, 0.15) is 0 Å². The van der Waals surface area contributed by atoms with Gasteiger partial charge in [0.25, 0.3) is 0 Å². The van der Waals surface area contributed by atoms with Crippen LogP contribution in [0.15, 0.2) is 364 Å². The van der Waals surface area contributed by atoms with Gasteiger partial charge in [0.15, 0.2) is 11.6 Å². The van der Waals surface area contributed by atoms with Gasteiger partial charge in [-0.2, -0.15) is 0 Å². The third-order valence-electron chi connectivity index (χ3n) is 21.2. The van der Waals surface area contributed by atoms with Crippen molar-refractivity contribution in [3.63, 3.8) is 0 Å². The van der Waals surface area contributed by atoms with Crippen molar-refractivity contribution in [2.24, 2.45) is 0 Å². The van der Waals surface area contributed by atoms with Crippen molar-refractivity contribution in [2.75, 3.05) is 0 Å². The first-order valence-corrected chi connectivity index (χ1v) is 34.9. The lowest BCUT2D eigenvalue weighted by molar-refractivity contribution is 0.103. The fraction of sp³-hybridized carbons (Fsp3) is 0. The molecule has 0 aliphatic rings. The lowest BCUT2D eigenvalue weighted by Gasteiger charge is -2.28. The molecule has 0 aliphatic heterocycles. The Morgan fingerprint density at radius 2 is 0.480 bits per heavy atom. The Bertz CT molecular complexity index is 6380. The second-order valence-electron chi connectivity index (χ2n) is 26.8. The number of para-hydroxylation sites is 2. The number of fused-ring (bicyclic) bond motifs is 12. The van der Waals surface area contributed by atoms with Gasteiger partial charge in [0, 0.05) is 55.2 Å². The summed E-state index contributed by atoms with van der Waals surface area (Å²) in [6, 6.07) is 129. The summed E-state index contributed by atoms with van der Waals surface area (Å²) in [5.41, 5.74) is 21.2. The molecule has 2 aromatic heterocycles. The smallest absolute Gasteiger partial charge is 0.193 e. The molecule has 0 fully saturated rings. The molecule has 0 radical (unpaired) electrons. The van der Waals surface area contributed by atoms with Crippen molar-refractivity contribution >= 4 is 109 Å². The van der Waals surface area contributed by atoms with Gasteiger partial charge >= 0.3 is 0 Å². The molecule has 4 heteroatoms. The monoisotopic (exact) mass is 1300 g/mol. The van der Waals surface area contributed by atoms with Crippen LogP contribution in [0.3, 0.4) is 0 Å². The molecule has 20 rings (SSSR count). The number of carbonyl (C=O) groups excluding carboxylic acids is 2. The summed E-state index contributed by atoms with van der Waals surface area (Å²) in [5.74, 6) is -0.119. The molecule has 0 unspecified atom stereocenters. The minimum atomic E-state index is -0.0595. The fourth-order valence-corrected chi connectivity index (χ4v) is 16.7. The molecule has 0 atom stereocenters. The molecule has 0 aliphatic carbocycles. The second-order valence-corrected chi connectivity index (χ2v) is 26.8. The maximum atomic E-state index is 15.1. The van der Waals surface area contributed by atoms with E-state index in [2.05, 4.69) is 300 Å². The minimum Gasteiger partial charge on any atom is -0.309 e. The second kappa shape index (κ2) is 23.6. The van der Waals surface area contributed by atoms with E-state index in [4.69, 9.17) is 0 Å². The Labute approximate surface area is 588 Å². The summed E-state index contributed by atoms with van der Waals surface area (Å²) in [4.78, 5) is 30.3.